The van der Waals surface area contributed by atoms with Gasteiger partial charge in [0, 0.05) is 39.3 Å². The Labute approximate surface area is 110 Å². The molecule has 0 aliphatic carbocycles. The summed E-state index contributed by atoms with van der Waals surface area (Å²) < 4.78 is 0. The molecule has 1 rings (SSSR count). The number of likely N-dealkylation sites (N-methyl/N-ethyl adjacent to an activating group) is 1. The molecule has 0 radical (unpaired) electrons. The van der Waals surface area contributed by atoms with Crippen LogP contribution in [0.4, 0.5) is 0 Å². The molecule has 0 spiro atoms. The van der Waals surface area contributed by atoms with E-state index in [1.807, 2.05) is 6.92 Å². The van der Waals surface area contributed by atoms with Crippen LogP contribution in [0.5, 0.6) is 0 Å². The van der Waals surface area contributed by atoms with Gasteiger partial charge in [0.05, 0.1) is 0 Å². The van der Waals surface area contributed by atoms with Gasteiger partial charge in [-0.3, -0.25) is 14.6 Å². The Bertz CT molecular complexity index is 251. The van der Waals surface area contributed by atoms with E-state index in [9.17, 15) is 9.90 Å². The lowest BCUT2D eigenvalue weighted by molar-refractivity contribution is -0.144. The van der Waals surface area contributed by atoms with E-state index in [2.05, 4.69) is 28.8 Å². The molecule has 5 heteroatoms. The Balaban J connectivity index is 2.35. The van der Waals surface area contributed by atoms with Crippen molar-refractivity contribution in [1.29, 1.82) is 0 Å². The van der Waals surface area contributed by atoms with Gasteiger partial charge in [0.2, 0.25) is 0 Å². The van der Waals surface area contributed by atoms with Crippen molar-refractivity contribution in [3.05, 3.63) is 0 Å². The minimum absolute atomic E-state index is 0.286. The van der Waals surface area contributed by atoms with Crippen molar-refractivity contribution in [3.63, 3.8) is 0 Å². The zero-order chi connectivity index (χ0) is 13.5. The maximum Gasteiger partial charge on any atom is 0.320 e. The summed E-state index contributed by atoms with van der Waals surface area (Å²) in [4.78, 5) is 17.9. The number of aliphatic carboxylic acids is 1. The first-order chi connectivity index (χ1) is 8.54. The first-order valence-corrected chi connectivity index (χ1v) is 6.88. The highest BCUT2D eigenvalue weighted by Crippen LogP contribution is 2.11. The summed E-state index contributed by atoms with van der Waals surface area (Å²) in [6.07, 6.45) is 1.69. The molecule has 0 aromatic rings. The van der Waals surface area contributed by atoms with Gasteiger partial charge < -0.3 is 10.0 Å². The predicted molar refractivity (Wildman–Crippen MR) is 72.9 cm³/mol. The third kappa shape index (κ3) is 4.92. The van der Waals surface area contributed by atoms with Gasteiger partial charge in [-0.05, 0) is 20.5 Å². The van der Waals surface area contributed by atoms with E-state index in [4.69, 9.17) is 0 Å². The third-order valence-electron chi connectivity index (χ3n) is 3.56. The fourth-order valence-corrected chi connectivity index (χ4v) is 2.38. The second-order valence-electron chi connectivity index (χ2n) is 5.32. The van der Waals surface area contributed by atoms with Crippen molar-refractivity contribution < 1.29 is 9.90 Å². The number of carboxylic acids is 1. The van der Waals surface area contributed by atoms with Gasteiger partial charge in [0.1, 0.15) is 6.04 Å². The minimum atomic E-state index is -0.668. The maximum absolute atomic E-state index is 11.2. The largest absolute Gasteiger partial charge is 0.480 e. The number of rotatable bonds is 7. The fraction of sp³-hybridized carbons (Fsp3) is 0.923. The molecule has 0 amide bonds. The van der Waals surface area contributed by atoms with E-state index in [1.165, 1.54) is 0 Å². The monoisotopic (exact) mass is 257 g/mol. The Morgan fingerprint density at radius 2 is 1.89 bits per heavy atom. The van der Waals surface area contributed by atoms with Gasteiger partial charge in [0.25, 0.3) is 0 Å². The molecule has 1 atom stereocenters. The van der Waals surface area contributed by atoms with E-state index in [-0.39, 0.29) is 6.04 Å². The van der Waals surface area contributed by atoms with E-state index < -0.39 is 5.97 Å². The average Bonchev–Trinajstić information content (AvgIpc) is 2.34. The minimum Gasteiger partial charge on any atom is -0.480 e. The number of carboxylic acid groups (broad SMARTS) is 1. The summed E-state index contributed by atoms with van der Waals surface area (Å²) in [7, 11) is 4.16. The average molecular weight is 257 g/mol. The number of piperazine rings is 1. The highest BCUT2D eigenvalue weighted by atomic mass is 16.4. The van der Waals surface area contributed by atoms with Crippen molar-refractivity contribution in [2.24, 2.45) is 0 Å². The van der Waals surface area contributed by atoms with E-state index in [0.29, 0.717) is 0 Å². The fourth-order valence-electron chi connectivity index (χ4n) is 2.38. The van der Waals surface area contributed by atoms with Crippen LogP contribution in [0.1, 0.15) is 19.8 Å². The van der Waals surface area contributed by atoms with Gasteiger partial charge >= 0.3 is 5.97 Å². The molecule has 0 aromatic carbocycles. The highest BCUT2D eigenvalue weighted by Gasteiger charge is 2.27. The Morgan fingerprint density at radius 3 is 2.33 bits per heavy atom. The smallest absolute Gasteiger partial charge is 0.320 e. The molecule has 1 unspecified atom stereocenters. The van der Waals surface area contributed by atoms with Crippen LogP contribution in [-0.4, -0.2) is 85.2 Å². The second-order valence-corrected chi connectivity index (χ2v) is 5.32. The van der Waals surface area contributed by atoms with Gasteiger partial charge in [-0.25, -0.2) is 0 Å². The quantitative estimate of drug-likeness (QED) is 0.716. The van der Waals surface area contributed by atoms with Crippen LogP contribution in [-0.2, 0) is 4.79 Å². The zero-order valence-electron chi connectivity index (χ0n) is 11.9. The Morgan fingerprint density at radius 1 is 1.28 bits per heavy atom. The van der Waals surface area contributed by atoms with Crippen LogP contribution in [0.15, 0.2) is 0 Å². The summed E-state index contributed by atoms with van der Waals surface area (Å²) in [5.74, 6) is -0.668. The molecule has 5 nitrogen and oxygen atoms in total. The topological polar surface area (TPSA) is 47.0 Å². The molecule has 1 N–H and O–H groups in total. The van der Waals surface area contributed by atoms with Crippen molar-refractivity contribution in [1.82, 2.24) is 14.7 Å². The highest BCUT2D eigenvalue weighted by molar-refractivity contribution is 5.73. The lowest BCUT2D eigenvalue weighted by atomic mass is 10.1. The predicted octanol–water partition coefficient (Wildman–Crippen LogP) is 0.419. The molecule has 0 saturated carbocycles. The molecule has 1 aliphatic rings. The number of carbonyl (C=O) groups is 1. The molecule has 1 fully saturated rings. The third-order valence-corrected chi connectivity index (χ3v) is 3.56. The van der Waals surface area contributed by atoms with Crippen LogP contribution in [0, 0.1) is 0 Å². The standard InChI is InChI=1S/C13H27N3O2/c1-4-5-12(13(17)18)16-10-8-15(9-11-16)7-6-14(2)3/h12H,4-11H2,1-3H3,(H,17,18). The summed E-state index contributed by atoms with van der Waals surface area (Å²) in [6.45, 7) is 7.92. The van der Waals surface area contributed by atoms with Gasteiger partial charge in [-0.15, -0.1) is 0 Å². The summed E-state index contributed by atoms with van der Waals surface area (Å²) >= 11 is 0. The van der Waals surface area contributed by atoms with Crippen molar-refractivity contribution in [3.8, 4) is 0 Å². The molecule has 1 heterocycles. The van der Waals surface area contributed by atoms with E-state index in [1.54, 1.807) is 0 Å². The first kappa shape index (κ1) is 15.4. The zero-order valence-corrected chi connectivity index (χ0v) is 11.9. The maximum atomic E-state index is 11.2. The van der Waals surface area contributed by atoms with E-state index in [0.717, 1.165) is 52.1 Å². The van der Waals surface area contributed by atoms with Crippen molar-refractivity contribution >= 4 is 5.97 Å². The summed E-state index contributed by atoms with van der Waals surface area (Å²) in [6, 6.07) is -0.286. The van der Waals surface area contributed by atoms with Crippen LogP contribution < -0.4 is 0 Å². The normalized spacial score (nSPS) is 20.2. The molecule has 1 aliphatic heterocycles. The molecule has 1 saturated heterocycles. The Kier molecular flexibility index (Phi) is 6.60. The molecular formula is C13H27N3O2. The van der Waals surface area contributed by atoms with Gasteiger partial charge in [-0.2, -0.15) is 0 Å². The molecular weight excluding hydrogens is 230 g/mol. The van der Waals surface area contributed by atoms with Crippen LogP contribution in [0.25, 0.3) is 0 Å². The summed E-state index contributed by atoms with van der Waals surface area (Å²) in [5.41, 5.74) is 0. The molecule has 0 aromatic heterocycles. The summed E-state index contributed by atoms with van der Waals surface area (Å²) in [5, 5.41) is 9.24. The number of nitrogens with zero attached hydrogens (tertiary/aromatic N) is 3. The lowest BCUT2D eigenvalue weighted by Gasteiger charge is -2.38. The molecule has 0 bridgehead atoms. The van der Waals surface area contributed by atoms with Gasteiger partial charge in [0.15, 0.2) is 0 Å². The number of hydrogen-bond acceptors (Lipinski definition) is 4. The number of hydrogen-bond donors (Lipinski definition) is 1. The van der Waals surface area contributed by atoms with Crippen molar-refractivity contribution in [2.75, 3.05) is 53.4 Å². The van der Waals surface area contributed by atoms with E-state index >= 15 is 0 Å². The molecule has 106 valence electrons. The Hall–Kier alpha value is -0.650. The van der Waals surface area contributed by atoms with Gasteiger partial charge in [-0.1, -0.05) is 13.3 Å². The molecule has 18 heavy (non-hydrogen) atoms. The van der Waals surface area contributed by atoms with Crippen LogP contribution in [0.3, 0.4) is 0 Å². The van der Waals surface area contributed by atoms with Crippen LogP contribution >= 0.6 is 0 Å². The van der Waals surface area contributed by atoms with Crippen molar-refractivity contribution in [2.45, 2.75) is 25.8 Å². The van der Waals surface area contributed by atoms with Crippen LogP contribution in [0.2, 0.25) is 0 Å². The second kappa shape index (κ2) is 7.71. The SMILES string of the molecule is CCCC(C(=O)O)N1CCN(CCN(C)C)CC1. The lowest BCUT2D eigenvalue weighted by Crippen LogP contribution is -2.53. The first-order valence-electron chi connectivity index (χ1n) is 6.88.